The van der Waals surface area contributed by atoms with Crippen molar-refractivity contribution >= 4 is 29.3 Å². The van der Waals surface area contributed by atoms with E-state index in [1.807, 2.05) is 6.92 Å². The molecular formula is C14H15F3OS2. The van der Waals surface area contributed by atoms with Crippen molar-refractivity contribution < 1.29 is 18.0 Å². The molecule has 1 heterocycles. The molecule has 0 amide bonds. The highest BCUT2D eigenvalue weighted by atomic mass is 32.2. The second-order valence-electron chi connectivity index (χ2n) is 4.71. The van der Waals surface area contributed by atoms with Gasteiger partial charge in [-0.05, 0) is 11.6 Å². The number of hydrogen-bond donors (Lipinski definition) is 0. The lowest BCUT2D eigenvalue weighted by Crippen LogP contribution is -2.32. The fourth-order valence-corrected chi connectivity index (χ4v) is 4.88. The molecule has 1 aromatic rings. The highest BCUT2D eigenvalue weighted by molar-refractivity contribution is 8.07. The molecule has 0 spiro atoms. The van der Waals surface area contributed by atoms with Crippen molar-refractivity contribution in [3.63, 3.8) is 0 Å². The summed E-state index contributed by atoms with van der Waals surface area (Å²) in [6.07, 6.45) is -4.28. The van der Waals surface area contributed by atoms with Gasteiger partial charge in [-0.1, -0.05) is 25.1 Å². The van der Waals surface area contributed by atoms with Crippen LogP contribution in [-0.4, -0.2) is 27.8 Å². The smallest absolute Gasteiger partial charge is 0.298 e. The molecule has 1 nitrogen and oxygen atoms in total. The first-order valence-corrected chi connectivity index (χ1v) is 8.40. The molecule has 1 fully saturated rings. The summed E-state index contributed by atoms with van der Waals surface area (Å²) < 4.78 is 37.9. The maximum atomic E-state index is 12.6. The molecule has 20 heavy (non-hydrogen) atoms. The van der Waals surface area contributed by atoms with Crippen LogP contribution in [0.5, 0.6) is 0 Å². The number of carbonyl (C=O) groups is 1. The second kappa shape index (κ2) is 6.43. The Bertz CT molecular complexity index is 488. The van der Waals surface area contributed by atoms with Crippen molar-refractivity contribution in [1.82, 2.24) is 0 Å². The lowest BCUT2D eigenvalue weighted by atomic mass is 10.0. The fraction of sp³-hybridized carbons (Fsp3) is 0.500. The molecular weight excluding hydrogens is 305 g/mol. The van der Waals surface area contributed by atoms with E-state index in [0.717, 1.165) is 23.6 Å². The van der Waals surface area contributed by atoms with Crippen molar-refractivity contribution in [3.8, 4) is 0 Å². The Kier molecular flexibility index (Phi) is 5.07. The monoisotopic (exact) mass is 320 g/mol. The van der Waals surface area contributed by atoms with E-state index in [1.54, 1.807) is 29.6 Å². The van der Waals surface area contributed by atoms with Crippen LogP contribution in [-0.2, 0) is 17.4 Å². The largest absolute Gasteiger partial charge is 0.416 e. The third kappa shape index (κ3) is 3.95. The SMILES string of the molecule is CC1SCCSC1C(=O)Cc1cccc(C(F)(F)F)c1. The van der Waals surface area contributed by atoms with Crippen LogP contribution in [0.2, 0.25) is 0 Å². The molecule has 0 N–H and O–H groups in total. The molecule has 0 aromatic heterocycles. The van der Waals surface area contributed by atoms with Gasteiger partial charge in [-0.25, -0.2) is 0 Å². The second-order valence-corrected chi connectivity index (χ2v) is 7.44. The number of benzene rings is 1. The molecule has 1 aliphatic rings. The van der Waals surface area contributed by atoms with Crippen LogP contribution in [0.25, 0.3) is 0 Å². The highest BCUT2D eigenvalue weighted by Gasteiger charge is 2.32. The van der Waals surface area contributed by atoms with E-state index >= 15 is 0 Å². The van der Waals surface area contributed by atoms with Gasteiger partial charge in [0.25, 0.3) is 0 Å². The summed E-state index contributed by atoms with van der Waals surface area (Å²) in [5.41, 5.74) is -0.255. The van der Waals surface area contributed by atoms with Crippen LogP contribution in [0.4, 0.5) is 13.2 Å². The molecule has 110 valence electrons. The lowest BCUT2D eigenvalue weighted by molar-refractivity contribution is -0.137. The molecule has 0 aliphatic carbocycles. The number of ketones is 1. The Balaban J connectivity index is 2.08. The fourth-order valence-electron chi connectivity index (χ4n) is 2.15. The van der Waals surface area contributed by atoms with Crippen LogP contribution in [0.15, 0.2) is 24.3 Å². The van der Waals surface area contributed by atoms with Gasteiger partial charge < -0.3 is 0 Å². The summed E-state index contributed by atoms with van der Waals surface area (Å²) >= 11 is 3.37. The van der Waals surface area contributed by atoms with Crippen LogP contribution in [0.1, 0.15) is 18.1 Å². The Morgan fingerprint density at radius 1 is 1.30 bits per heavy atom. The van der Waals surface area contributed by atoms with Crippen LogP contribution in [0, 0.1) is 0 Å². The van der Waals surface area contributed by atoms with Crippen molar-refractivity contribution in [1.29, 1.82) is 0 Å². The quantitative estimate of drug-likeness (QED) is 0.836. The first-order chi connectivity index (χ1) is 9.38. The molecule has 1 aromatic carbocycles. The van der Waals surface area contributed by atoms with Crippen molar-refractivity contribution in [2.24, 2.45) is 0 Å². The summed E-state index contributed by atoms with van der Waals surface area (Å²) in [4.78, 5) is 12.2. The maximum Gasteiger partial charge on any atom is 0.416 e. The molecule has 1 aliphatic heterocycles. The van der Waals surface area contributed by atoms with Crippen molar-refractivity contribution in [2.45, 2.75) is 30.0 Å². The normalized spacial score (nSPS) is 23.6. The van der Waals surface area contributed by atoms with E-state index in [-0.39, 0.29) is 22.7 Å². The Morgan fingerprint density at radius 2 is 2.00 bits per heavy atom. The average molecular weight is 320 g/mol. The van der Waals surface area contributed by atoms with Gasteiger partial charge in [0.15, 0.2) is 5.78 Å². The zero-order valence-electron chi connectivity index (χ0n) is 10.9. The van der Waals surface area contributed by atoms with Gasteiger partial charge in [0.05, 0.1) is 10.8 Å². The zero-order chi connectivity index (χ0) is 14.8. The topological polar surface area (TPSA) is 17.1 Å². The molecule has 0 bridgehead atoms. The van der Waals surface area contributed by atoms with Gasteiger partial charge in [0, 0.05) is 23.2 Å². The lowest BCUT2D eigenvalue weighted by Gasteiger charge is -2.26. The molecule has 2 rings (SSSR count). The van der Waals surface area contributed by atoms with Crippen LogP contribution in [0.3, 0.4) is 0 Å². The highest BCUT2D eigenvalue weighted by Crippen LogP contribution is 2.33. The van der Waals surface area contributed by atoms with Crippen LogP contribution < -0.4 is 0 Å². The maximum absolute atomic E-state index is 12.6. The van der Waals surface area contributed by atoms with Gasteiger partial charge in [-0.2, -0.15) is 24.9 Å². The van der Waals surface area contributed by atoms with Gasteiger partial charge in [0.2, 0.25) is 0 Å². The van der Waals surface area contributed by atoms with E-state index in [9.17, 15) is 18.0 Å². The molecule has 2 unspecified atom stereocenters. The summed E-state index contributed by atoms with van der Waals surface area (Å²) in [7, 11) is 0. The zero-order valence-corrected chi connectivity index (χ0v) is 12.6. The van der Waals surface area contributed by atoms with Gasteiger partial charge in [-0.3, -0.25) is 4.79 Å². The number of thioether (sulfide) groups is 2. The minimum atomic E-state index is -4.36. The van der Waals surface area contributed by atoms with E-state index in [1.165, 1.54) is 6.07 Å². The minimum absolute atomic E-state index is 0.0222. The Labute approximate surface area is 124 Å². The predicted molar refractivity (Wildman–Crippen MR) is 78.3 cm³/mol. The Morgan fingerprint density at radius 3 is 2.65 bits per heavy atom. The summed E-state index contributed by atoms with van der Waals surface area (Å²) in [6, 6.07) is 5.04. The third-order valence-corrected chi connectivity index (χ3v) is 6.28. The molecule has 6 heteroatoms. The van der Waals surface area contributed by atoms with Crippen molar-refractivity contribution in [3.05, 3.63) is 35.4 Å². The van der Waals surface area contributed by atoms with Gasteiger partial charge in [-0.15, -0.1) is 11.8 Å². The minimum Gasteiger partial charge on any atom is -0.298 e. The van der Waals surface area contributed by atoms with Gasteiger partial charge in [0.1, 0.15) is 0 Å². The molecule has 0 saturated carbocycles. The summed E-state index contributed by atoms with van der Waals surface area (Å²) in [5, 5.41) is 0.121. The average Bonchev–Trinajstić information content (AvgIpc) is 2.38. The number of carbonyl (C=O) groups excluding carboxylic acids is 1. The number of alkyl halides is 3. The van der Waals surface area contributed by atoms with Crippen molar-refractivity contribution in [2.75, 3.05) is 11.5 Å². The summed E-state index contributed by atoms with van der Waals surface area (Å²) in [5.74, 6) is 1.97. The number of halogens is 3. The molecule has 0 radical (unpaired) electrons. The number of Topliss-reactive ketones (excluding diaryl/α,β-unsaturated/α-hetero) is 1. The number of rotatable bonds is 3. The number of hydrogen-bond acceptors (Lipinski definition) is 3. The van der Waals surface area contributed by atoms with Crippen LogP contribution >= 0.6 is 23.5 Å². The molecule has 2 atom stereocenters. The predicted octanol–water partition coefficient (Wildman–Crippen LogP) is 4.05. The third-order valence-electron chi connectivity index (χ3n) is 3.14. The van der Waals surface area contributed by atoms with E-state index in [0.29, 0.717) is 5.56 Å². The van der Waals surface area contributed by atoms with E-state index < -0.39 is 11.7 Å². The standard InChI is InChI=1S/C14H15F3OS2/c1-9-13(20-6-5-19-9)12(18)8-10-3-2-4-11(7-10)14(15,16)17/h2-4,7,9,13H,5-6,8H2,1H3. The Hall–Kier alpha value is -0.620. The summed E-state index contributed by atoms with van der Waals surface area (Å²) in [6.45, 7) is 2.01. The van der Waals surface area contributed by atoms with E-state index in [4.69, 9.17) is 0 Å². The van der Waals surface area contributed by atoms with Gasteiger partial charge >= 0.3 is 6.18 Å². The first kappa shape index (κ1) is 15.8. The first-order valence-electron chi connectivity index (χ1n) is 6.30. The van der Waals surface area contributed by atoms with E-state index in [2.05, 4.69) is 0 Å². The molecule has 1 saturated heterocycles.